The average Bonchev–Trinajstić information content (AvgIpc) is 2.78. The smallest absolute Gasteiger partial charge is 0.173 e. The summed E-state index contributed by atoms with van der Waals surface area (Å²) >= 11 is 11.6. The van der Waals surface area contributed by atoms with Crippen molar-refractivity contribution in [3.8, 4) is 11.5 Å². The van der Waals surface area contributed by atoms with Crippen molar-refractivity contribution in [1.29, 1.82) is 0 Å². The number of hydrogen-bond donors (Lipinski definition) is 1. The van der Waals surface area contributed by atoms with Gasteiger partial charge in [0.2, 0.25) is 0 Å². The van der Waals surface area contributed by atoms with Crippen LogP contribution in [0.15, 0.2) is 53.7 Å². The molecule has 0 saturated carbocycles. The first-order valence-corrected chi connectivity index (χ1v) is 11.2. The van der Waals surface area contributed by atoms with Crippen molar-refractivity contribution in [3.05, 3.63) is 69.9 Å². The first kappa shape index (κ1) is 21.7. The number of methoxy groups -OCH3 is 1. The lowest BCUT2D eigenvalue weighted by Crippen LogP contribution is -2.49. The molecule has 0 fully saturated rings. The van der Waals surface area contributed by atoms with Crippen molar-refractivity contribution in [2.75, 3.05) is 13.7 Å². The van der Waals surface area contributed by atoms with E-state index in [0.29, 0.717) is 34.7 Å². The minimum Gasteiger partial charge on any atom is -0.493 e. The van der Waals surface area contributed by atoms with Crippen molar-refractivity contribution < 1.29 is 14.3 Å². The molecule has 1 heterocycles. The molecule has 5 nitrogen and oxygen atoms in total. The zero-order valence-corrected chi connectivity index (χ0v) is 19.2. The summed E-state index contributed by atoms with van der Waals surface area (Å²) in [6, 6.07) is 13.0. The molecule has 1 aliphatic carbocycles. The summed E-state index contributed by atoms with van der Waals surface area (Å²) in [4.78, 5) is 14.9. The fraction of sp³-hybridized carbons (Fsp3) is 0.333. The van der Waals surface area contributed by atoms with E-state index in [0.717, 1.165) is 41.8 Å². The molecule has 7 heteroatoms. The second-order valence-corrected chi connectivity index (χ2v) is 8.41. The molecule has 4 rings (SSSR count). The lowest BCUT2D eigenvalue weighted by Gasteiger charge is -2.40. The second kappa shape index (κ2) is 9.28. The highest BCUT2D eigenvalue weighted by atomic mass is 35.5. The van der Waals surface area contributed by atoms with Gasteiger partial charge in [0.1, 0.15) is 6.61 Å². The second-order valence-electron chi connectivity index (χ2n) is 7.59. The zero-order chi connectivity index (χ0) is 22.0. The maximum Gasteiger partial charge on any atom is 0.173 e. The van der Waals surface area contributed by atoms with Crippen LogP contribution in [0.4, 0.5) is 0 Å². The Morgan fingerprint density at radius 3 is 2.65 bits per heavy atom. The fourth-order valence-corrected chi connectivity index (χ4v) is 4.65. The molecule has 2 aromatic rings. The van der Waals surface area contributed by atoms with Crippen molar-refractivity contribution in [3.63, 3.8) is 0 Å². The van der Waals surface area contributed by atoms with Crippen molar-refractivity contribution in [2.24, 2.45) is 0 Å². The Morgan fingerprint density at radius 2 is 1.94 bits per heavy atom. The van der Waals surface area contributed by atoms with Crippen LogP contribution in [0, 0.1) is 0 Å². The molecule has 0 radical (unpaired) electrons. The van der Waals surface area contributed by atoms with Gasteiger partial charge >= 0.3 is 0 Å². The highest BCUT2D eigenvalue weighted by Crippen LogP contribution is 2.39. The summed E-state index contributed by atoms with van der Waals surface area (Å²) in [6.45, 7) is 3.17. The molecule has 1 N–H and O–H groups in total. The van der Waals surface area contributed by atoms with E-state index in [4.69, 9.17) is 33.3 Å². The van der Waals surface area contributed by atoms with Crippen molar-refractivity contribution in [1.82, 2.24) is 10.2 Å². The molecule has 2 aromatic carbocycles. The standard InChI is InChI=1S/C24H25ClN2O3S/c1-3-27-18-5-4-6-19(28)22(18)23(26-24(27)31)16-9-12-20(29-2)21(13-16)30-14-15-7-10-17(25)11-8-15/h7-13,23H,3-6,14H2,1-2H3,(H,26,31). The molecular formula is C24H25ClN2O3S. The van der Waals surface area contributed by atoms with Gasteiger partial charge in [-0.05, 0) is 67.4 Å². The quantitative estimate of drug-likeness (QED) is 0.604. The molecule has 1 unspecified atom stereocenters. The largest absolute Gasteiger partial charge is 0.493 e. The number of ether oxygens (including phenoxy) is 2. The van der Waals surface area contributed by atoms with Crippen molar-refractivity contribution in [2.45, 2.75) is 38.8 Å². The monoisotopic (exact) mass is 456 g/mol. The normalized spacial score (nSPS) is 18.5. The molecule has 2 aliphatic rings. The Bertz CT molecular complexity index is 1040. The lowest BCUT2D eigenvalue weighted by molar-refractivity contribution is -0.116. The SMILES string of the molecule is CCN1C(=S)NC(c2ccc(OC)c(OCc3ccc(Cl)cc3)c2)C2=C1CCCC2=O. The van der Waals surface area contributed by atoms with Crippen molar-refractivity contribution >= 4 is 34.7 Å². The summed E-state index contributed by atoms with van der Waals surface area (Å²) in [5, 5.41) is 4.71. The summed E-state index contributed by atoms with van der Waals surface area (Å²) in [5.41, 5.74) is 3.79. The highest BCUT2D eigenvalue weighted by Gasteiger charge is 2.36. The lowest BCUT2D eigenvalue weighted by atomic mass is 9.84. The molecule has 0 aromatic heterocycles. The number of hydrogen-bond acceptors (Lipinski definition) is 4. The zero-order valence-electron chi connectivity index (χ0n) is 17.6. The van der Waals surface area contributed by atoms with E-state index < -0.39 is 0 Å². The maximum absolute atomic E-state index is 12.9. The van der Waals surface area contributed by atoms with Gasteiger partial charge in [-0.15, -0.1) is 0 Å². The molecule has 0 bridgehead atoms. The number of ketones is 1. The van der Waals surface area contributed by atoms with Crippen LogP contribution in [0.3, 0.4) is 0 Å². The number of nitrogens with one attached hydrogen (secondary N) is 1. The number of Topliss-reactive ketones (excluding diaryl/α,β-unsaturated/α-hetero) is 1. The van der Waals surface area contributed by atoms with Gasteiger partial charge in [-0.25, -0.2) is 0 Å². The van der Waals surface area contributed by atoms with Crippen LogP contribution in [0.1, 0.15) is 43.4 Å². The van der Waals surface area contributed by atoms with Gasteiger partial charge in [-0.1, -0.05) is 29.8 Å². The van der Waals surface area contributed by atoms with Gasteiger partial charge < -0.3 is 19.7 Å². The van der Waals surface area contributed by atoms with E-state index in [1.807, 2.05) is 54.3 Å². The van der Waals surface area contributed by atoms with Gasteiger partial charge in [0.15, 0.2) is 22.4 Å². The third-order valence-corrected chi connectivity index (χ3v) is 6.29. The number of thiocarbonyl (C=S) groups is 1. The predicted octanol–water partition coefficient (Wildman–Crippen LogP) is 5.19. The van der Waals surface area contributed by atoms with Crippen LogP contribution < -0.4 is 14.8 Å². The summed E-state index contributed by atoms with van der Waals surface area (Å²) < 4.78 is 11.6. The summed E-state index contributed by atoms with van der Waals surface area (Å²) in [6.07, 6.45) is 2.29. The van der Waals surface area contributed by atoms with E-state index >= 15 is 0 Å². The number of nitrogens with zero attached hydrogens (tertiary/aromatic N) is 1. The number of carbonyl (C=O) groups excluding carboxylic acids is 1. The molecule has 0 spiro atoms. The predicted molar refractivity (Wildman–Crippen MR) is 126 cm³/mol. The Morgan fingerprint density at radius 1 is 1.16 bits per heavy atom. The van der Waals surface area contributed by atoms with Gasteiger partial charge in [0.05, 0.1) is 13.2 Å². The maximum atomic E-state index is 12.9. The minimum atomic E-state index is -0.290. The Balaban J connectivity index is 1.67. The number of carbonyl (C=O) groups is 1. The van der Waals surface area contributed by atoms with Gasteiger partial charge in [-0.2, -0.15) is 0 Å². The molecule has 1 aliphatic heterocycles. The first-order valence-electron chi connectivity index (χ1n) is 10.4. The number of benzene rings is 2. The topological polar surface area (TPSA) is 50.8 Å². The van der Waals surface area contributed by atoms with E-state index in [1.165, 1.54) is 0 Å². The van der Waals surface area contributed by atoms with Gasteiger partial charge in [0.25, 0.3) is 0 Å². The van der Waals surface area contributed by atoms with Crippen LogP contribution in [0.5, 0.6) is 11.5 Å². The Labute approximate surface area is 193 Å². The minimum absolute atomic E-state index is 0.180. The Hall–Kier alpha value is -2.57. The number of allylic oxidation sites excluding steroid dienone is 1. The Kier molecular flexibility index (Phi) is 6.49. The molecular weight excluding hydrogens is 432 g/mol. The van der Waals surface area contributed by atoms with Crippen LogP contribution in [0.25, 0.3) is 0 Å². The van der Waals surface area contributed by atoms with Crippen LogP contribution in [-0.2, 0) is 11.4 Å². The van der Waals surface area contributed by atoms with E-state index in [-0.39, 0.29) is 11.8 Å². The number of rotatable bonds is 6. The van der Waals surface area contributed by atoms with E-state index in [1.54, 1.807) is 7.11 Å². The molecule has 1 atom stereocenters. The molecule has 0 amide bonds. The third-order valence-electron chi connectivity index (χ3n) is 5.70. The summed E-state index contributed by atoms with van der Waals surface area (Å²) in [7, 11) is 1.61. The molecule has 31 heavy (non-hydrogen) atoms. The van der Waals surface area contributed by atoms with Crippen LogP contribution in [-0.4, -0.2) is 29.5 Å². The van der Waals surface area contributed by atoms with Gasteiger partial charge in [-0.3, -0.25) is 4.79 Å². The van der Waals surface area contributed by atoms with E-state index in [2.05, 4.69) is 5.32 Å². The fourth-order valence-electron chi connectivity index (χ4n) is 4.16. The third kappa shape index (κ3) is 4.41. The highest BCUT2D eigenvalue weighted by molar-refractivity contribution is 7.80. The molecule has 0 saturated heterocycles. The van der Waals surface area contributed by atoms with Gasteiger partial charge in [0, 0.05) is 29.3 Å². The van der Waals surface area contributed by atoms with E-state index in [9.17, 15) is 4.79 Å². The molecule has 162 valence electrons. The average molecular weight is 457 g/mol. The van der Waals surface area contributed by atoms with Crippen LogP contribution in [0.2, 0.25) is 5.02 Å². The summed E-state index contributed by atoms with van der Waals surface area (Å²) in [5.74, 6) is 1.43. The number of halogens is 1. The van der Waals surface area contributed by atoms with Crippen LogP contribution >= 0.6 is 23.8 Å². The first-order chi connectivity index (χ1) is 15.0.